The molecule has 4 heterocycles. The van der Waals surface area contributed by atoms with Crippen molar-refractivity contribution in [1.82, 2.24) is 9.80 Å². The Hall–Kier alpha value is -3.01. The predicted octanol–water partition coefficient (Wildman–Crippen LogP) is 3.28. The molecule has 0 spiro atoms. The van der Waals surface area contributed by atoms with Gasteiger partial charge in [0.15, 0.2) is 23.0 Å². The molecule has 2 aromatic carbocycles. The van der Waals surface area contributed by atoms with Crippen LogP contribution in [0.15, 0.2) is 6.07 Å². The van der Waals surface area contributed by atoms with E-state index in [1.807, 2.05) is 20.9 Å². The van der Waals surface area contributed by atoms with E-state index in [1.165, 1.54) is 6.92 Å². The van der Waals surface area contributed by atoms with Gasteiger partial charge in [-0.15, -0.1) is 0 Å². The molecule has 4 aliphatic heterocycles. The minimum absolute atomic E-state index is 0.100. The standard InChI is InChI=1S/C28H34N2O7/c1-7-17-21-16(25(37-14(4)31)13(3)26-27(21)36-11-35-26)10-18-22-20-15(8-12(2)24(34-6)23(20)32)9-19(29(22)5)28(33)30(17)18/h8,17-19,22,28,32-33H,7,9-11H2,1-6H3/t17-,18?,19-,22-,28-/m0/s1. The Morgan fingerprint density at radius 3 is 2.54 bits per heavy atom. The summed E-state index contributed by atoms with van der Waals surface area (Å²) >= 11 is 0. The molecule has 2 aromatic rings. The number of hydrogen-bond acceptors (Lipinski definition) is 9. The van der Waals surface area contributed by atoms with E-state index >= 15 is 0 Å². The summed E-state index contributed by atoms with van der Waals surface area (Å²) in [5, 5.41) is 23.3. The van der Waals surface area contributed by atoms with E-state index in [4.69, 9.17) is 18.9 Å². The summed E-state index contributed by atoms with van der Waals surface area (Å²) in [6.07, 6.45) is 1.08. The molecule has 2 N–H and O–H groups in total. The van der Waals surface area contributed by atoms with Crippen molar-refractivity contribution >= 4 is 5.97 Å². The van der Waals surface area contributed by atoms with Crippen LogP contribution in [0.2, 0.25) is 0 Å². The van der Waals surface area contributed by atoms with Gasteiger partial charge in [-0.2, -0.15) is 0 Å². The number of likely N-dealkylation sites (N-methyl/N-ethyl adjacent to an activating group) is 1. The van der Waals surface area contributed by atoms with Crippen molar-refractivity contribution in [3.05, 3.63) is 39.4 Å². The number of rotatable bonds is 3. The second-order valence-corrected chi connectivity index (χ2v) is 10.6. The van der Waals surface area contributed by atoms with Crippen LogP contribution in [0.3, 0.4) is 0 Å². The van der Waals surface area contributed by atoms with E-state index in [9.17, 15) is 15.0 Å². The van der Waals surface area contributed by atoms with Crippen molar-refractivity contribution < 1.29 is 34.0 Å². The van der Waals surface area contributed by atoms with Gasteiger partial charge in [0.2, 0.25) is 6.79 Å². The molecule has 9 nitrogen and oxygen atoms in total. The third kappa shape index (κ3) is 3.23. The molecule has 198 valence electrons. The van der Waals surface area contributed by atoms with Gasteiger partial charge in [0.1, 0.15) is 12.0 Å². The van der Waals surface area contributed by atoms with Gasteiger partial charge in [-0.25, -0.2) is 0 Å². The number of ether oxygens (including phenoxy) is 4. The molecular weight excluding hydrogens is 476 g/mol. The lowest BCUT2D eigenvalue weighted by atomic mass is 9.73. The quantitative estimate of drug-likeness (QED) is 0.476. The number of aromatic hydroxyl groups is 1. The predicted molar refractivity (Wildman–Crippen MR) is 134 cm³/mol. The summed E-state index contributed by atoms with van der Waals surface area (Å²) in [6, 6.07) is 1.33. The lowest BCUT2D eigenvalue weighted by Gasteiger charge is -2.60. The molecule has 0 radical (unpaired) electrons. The number of phenols is 1. The second kappa shape index (κ2) is 8.51. The van der Waals surface area contributed by atoms with Crippen molar-refractivity contribution in [3.63, 3.8) is 0 Å². The van der Waals surface area contributed by atoms with Crippen molar-refractivity contribution in [2.75, 3.05) is 21.0 Å². The Morgan fingerprint density at radius 1 is 1.14 bits per heavy atom. The van der Waals surface area contributed by atoms with Crippen LogP contribution >= 0.6 is 0 Å². The largest absolute Gasteiger partial charge is 0.504 e. The average molecular weight is 511 g/mol. The van der Waals surface area contributed by atoms with E-state index in [0.717, 1.165) is 33.4 Å². The average Bonchev–Trinajstić information content (AvgIpc) is 3.34. The number of benzene rings is 2. The number of carbonyl (C=O) groups is 1. The van der Waals surface area contributed by atoms with Crippen LogP contribution in [0, 0.1) is 13.8 Å². The van der Waals surface area contributed by atoms with Gasteiger partial charge in [-0.05, 0) is 51.3 Å². The molecule has 37 heavy (non-hydrogen) atoms. The molecule has 1 unspecified atom stereocenters. The molecule has 0 aromatic heterocycles. The molecule has 0 amide bonds. The first-order valence-electron chi connectivity index (χ1n) is 12.9. The van der Waals surface area contributed by atoms with Crippen molar-refractivity contribution in [1.29, 1.82) is 0 Å². The topological polar surface area (TPSA) is 101 Å². The molecule has 6 rings (SSSR count). The molecule has 4 aliphatic rings. The van der Waals surface area contributed by atoms with Crippen LogP contribution in [-0.4, -0.2) is 65.2 Å². The van der Waals surface area contributed by atoms with Crippen molar-refractivity contribution in [2.45, 2.75) is 77.4 Å². The number of aryl methyl sites for hydroxylation is 1. The smallest absolute Gasteiger partial charge is 0.308 e. The summed E-state index contributed by atoms with van der Waals surface area (Å²) < 4.78 is 23.2. The first kappa shape index (κ1) is 24.3. The lowest BCUT2D eigenvalue weighted by Crippen LogP contribution is -2.68. The maximum absolute atomic E-state index is 12.2. The molecule has 1 saturated heterocycles. The van der Waals surface area contributed by atoms with Crippen molar-refractivity contribution in [3.8, 4) is 28.7 Å². The van der Waals surface area contributed by atoms with Crippen LogP contribution in [0.5, 0.6) is 28.7 Å². The number of nitrogens with zero attached hydrogens (tertiary/aromatic N) is 2. The minimum atomic E-state index is -0.737. The Balaban J connectivity index is 1.60. The summed E-state index contributed by atoms with van der Waals surface area (Å²) in [6.45, 7) is 7.39. The Bertz CT molecular complexity index is 1310. The number of esters is 1. The summed E-state index contributed by atoms with van der Waals surface area (Å²) in [7, 11) is 3.58. The highest BCUT2D eigenvalue weighted by molar-refractivity contribution is 5.74. The number of carbonyl (C=O) groups excluding carboxylic acids is 1. The van der Waals surface area contributed by atoms with E-state index in [0.29, 0.717) is 42.3 Å². The molecule has 0 aliphatic carbocycles. The Morgan fingerprint density at radius 2 is 1.86 bits per heavy atom. The summed E-state index contributed by atoms with van der Waals surface area (Å²) in [4.78, 5) is 16.5. The normalized spacial score (nSPS) is 27.8. The van der Waals surface area contributed by atoms with Gasteiger partial charge < -0.3 is 29.2 Å². The monoisotopic (exact) mass is 510 g/mol. The van der Waals surface area contributed by atoms with Crippen LogP contribution < -0.4 is 18.9 Å². The molecule has 2 bridgehead atoms. The zero-order valence-corrected chi connectivity index (χ0v) is 22.1. The number of phenolic OH excluding ortho intramolecular Hbond substituents is 1. The second-order valence-electron chi connectivity index (χ2n) is 10.6. The third-order valence-corrected chi connectivity index (χ3v) is 8.73. The number of aliphatic hydroxyl groups is 1. The highest BCUT2D eigenvalue weighted by atomic mass is 16.7. The van der Waals surface area contributed by atoms with Gasteiger partial charge in [0.05, 0.1) is 19.2 Å². The molecule has 0 saturated carbocycles. The van der Waals surface area contributed by atoms with Gasteiger partial charge in [-0.3, -0.25) is 14.6 Å². The first-order chi connectivity index (χ1) is 17.7. The van der Waals surface area contributed by atoms with E-state index < -0.39 is 12.2 Å². The molecule has 1 fully saturated rings. The first-order valence-corrected chi connectivity index (χ1v) is 12.9. The lowest BCUT2D eigenvalue weighted by molar-refractivity contribution is -0.172. The van der Waals surface area contributed by atoms with Crippen LogP contribution in [0.1, 0.15) is 65.7 Å². The maximum atomic E-state index is 12.2. The number of fused-ring (bicyclic) bond motifs is 9. The number of methoxy groups -OCH3 is 1. The molecule has 9 heteroatoms. The Kier molecular flexibility index (Phi) is 5.60. The van der Waals surface area contributed by atoms with Crippen molar-refractivity contribution in [2.24, 2.45) is 0 Å². The highest BCUT2D eigenvalue weighted by Crippen LogP contribution is 2.58. The minimum Gasteiger partial charge on any atom is -0.504 e. The number of piperazine rings is 1. The fourth-order valence-electron chi connectivity index (χ4n) is 7.33. The zero-order chi connectivity index (χ0) is 26.3. The fraction of sp³-hybridized carbons (Fsp3) is 0.536. The van der Waals surface area contributed by atoms with Crippen LogP contribution in [0.4, 0.5) is 0 Å². The fourth-order valence-corrected chi connectivity index (χ4v) is 7.33. The van der Waals surface area contributed by atoms with E-state index in [2.05, 4.69) is 22.8 Å². The number of aliphatic hydroxyl groups excluding tert-OH is 1. The van der Waals surface area contributed by atoms with Crippen LogP contribution in [0.25, 0.3) is 0 Å². The van der Waals surface area contributed by atoms with Crippen LogP contribution in [-0.2, 0) is 17.6 Å². The zero-order valence-electron chi connectivity index (χ0n) is 22.1. The maximum Gasteiger partial charge on any atom is 0.308 e. The number of hydrogen-bond donors (Lipinski definition) is 2. The van der Waals surface area contributed by atoms with Gasteiger partial charge >= 0.3 is 5.97 Å². The van der Waals surface area contributed by atoms with Gasteiger partial charge in [0.25, 0.3) is 0 Å². The SMILES string of the molecule is CC[C@H]1c2c(c(OC(C)=O)c(C)c3c2OCO3)CC2[C@H]3c4c(cc(C)c(OC)c4O)C[C@@H]([C@H](O)N21)N3C. The third-order valence-electron chi connectivity index (χ3n) is 8.73. The van der Waals surface area contributed by atoms with Gasteiger partial charge in [-0.1, -0.05) is 13.0 Å². The Labute approximate surface area is 216 Å². The summed E-state index contributed by atoms with van der Waals surface area (Å²) in [5.41, 5.74) is 5.29. The molecular formula is C28H34N2O7. The summed E-state index contributed by atoms with van der Waals surface area (Å²) in [5.74, 6) is 2.01. The van der Waals surface area contributed by atoms with Gasteiger partial charge in [0, 0.05) is 41.3 Å². The molecule has 5 atom stereocenters. The highest BCUT2D eigenvalue weighted by Gasteiger charge is 2.56. The van der Waals surface area contributed by atoms with E-state index in [1.54, 1.807) is 7.11 Å². The van der Waals surface area contributed by atoms with E-state index in [-0.39, 0.29) is 36.7 Å².